The molecule has 24 heavy (non-hydrogen) atoms. The predicted octanol–water partition coefficient (Wildman–Crippen LogP) is 1.25. The van der Waals surface area contributed by atoms with Crippen LogP contribution in [0.15, 0.2) is 29.2 Å². The van der Waals surface area contributed by atoms with Gasteiger partial charge >= 0.3 is 6.09 Å². The van der Waals surface area contributed by atoms with Crippen LogP contribution in [0.3, 0.4) is 0 Å². The molecule has 1 fully saturated rings. The zero-order valence-electron chi connectivity index (χ0n) is 13.4. The van der Waals surface area contributed by atoms with E-state index in [1.807, 2.05) is 0 Å². The van der Waals surface area contributed by atoms with Crippen LogP contribution >= 0.6 is 0 Å². The maximum atomic E-state index is 12.6. The van der Waals surface area contributed by atoms with E-state index < -0.39 is 22.0 Å². The van der Waals surface area contributed by atoms with Gasteiger partial charge in [0.25, 0.3) is 5.91 Å². The SMILES string of the molecule is CCOC(=O)NNC(=O)c1cccc(S(=O)(=O)N2CCCCC2)c1. The first-order valence-corrected chi connectivity index (χ1v) is 9.22. The summed E-state index contributed by atoms with van der Waals surface area (Å²) in [6.07, 6.45) is 1.91. The van der Waals surface area contributed by atoms with Gasteiger partial charge in [0.1, 0.15) is 0 Å². The van der Waals surface area contributed by atoms with Crippen LogP contribution in [0.5, 0.6) is 0 Å². The van der Waals surface area contributed by atoms with Gasteiger partial charge in [-0.15, -0.1) is 0 Å². The third-order valence-corrected chi connectivity index (χ3v) is 5.50. The van der Waals surface area contributed by atoms with Crippen LogP contribution in [0.1, 0.15) is 36.5 Å². The molecule has 2 N–H and O–H groups in total. The number of carbonyl (C=O) groups is 2. The molecule has 1 heterocycles. The summed E-state index contributed by atoms with van der Waals surface area (Å²) in [5.41, 5.74) is 4.38. The van der Waals surface area contributed by atoms with E-state index in [1.165, 1.54) is 28.6 Å². The van der Waals surface area contributed by atoms with Crippen LogP contribution in [-0.2, 0) is 14.8 Å². The third kappa shape index (κ3) is 4.45. The van der Waals surface area contributed by atoms with Crippen molar-refractivity contribution in [1.29, 1.82) is 0 Å². The number of piperidine rings is 1. The molecule has 132 valence electrons. The highest BCUT2D eigenvalue weighted by atomic mass is 32.2. The number of rotatable bonds is 4. The number of nitrogens with one attached hydrogen (secondary N) is 2. The average molecular weight is 355 g/mol. The van der Waals surface area contributed by atoms with E-state index in [0.717, 1.165) is 19.3 Å². The van der Waals surface area contributed by atoms with Gasteiger partial charge in [0.15, 0.2) is 0 Å². The second-order valence-electron chi connectivity index (χ2n) is 5.29. The summed E-state index contributed by atoms with van der Waals surface area (Å²) in [5.74, 6) is -0.626. The zero-order chi connectivity index (χ0) is 17.6. The lowest BCUT2D eigenvalue weighted by molar-refractivity contribution is 0.0912. The van der Waals surface area contributed by atoms with Gasteiger partial charge in [-0.3, -0.25) is 10.2 Å². The molecule has 1 aromatic rings. The van der Waals surface area contributed by atoms with E-state index in [9.17, 15) is 18.0 Å². The summed E-state index contributed by atoms with van der Waals surface area (Å²) in [4.78, 5) is 23.2. The van der Waals surface area contributed by atoms with Crippen molar-refractivity contribution in [3.05, 3.63) is 29.8 Å². The summed E-state index contributed by atoms with van der Waals surface area (Å²) in [5, 5.41) is 0. The van der Waals surface area contributed by atoms with Crippen LogP contribution in [0, 0.1) is 0 Å². The molecular weight excluding hydrogens is 334 g/mol. The molecule has 0 saturated carbocycles. The van der Waals surface area contributed by atoms with Gasteiger partial charge in [0.2, 0.25) is 10.0 Å². The molecule has 0 aromatic heterocycles. The minimum atomic E-state index is -3.62. The Kier molecular flexibility index (Phi) is 6.16. The van der Waals surface area contributed by atoms with E-state index in [2.05, 4.69) is 15.6 Å². The van der Waals surface area contributed by atoms with Gasteiger partial charge in [-0.25, -0.2) is 18.6 Å². The molecule has 0 spiro atoms. The molecule has 0 radical (unpaired) electrons. The van der Waals surface area contributed by atoms with Crippen LogP contribution in [0.4, 0.5) is 4.79 Å². The Hall–Kier alpha value is -2.13. The first kappa shape index (κ1) is 18.2. The summed E-state index contributed by atoms with van der Waals surface area (Å²) in [6.45, 7) is 2.79. The van der Waals surface area contributed by atoms with Gasteiger partial charge in [0, 0.05) is 18.7 Å². The van der Waals surface area contributed by atoms with Crippen molar-refractivity contribution in [2.45, 2.75) is 31.1 Å². The quantitative estimate of drug-likeness (QED) is 0.791. The highest BCUT2D eigenvalue weighted by Gasteiger charge is 2.26. The normalized spacial score (nSPS) is 15.5. The number of hydrazine groups is 1. The Labute approximate surface area is 141 Å². The van der Waals surface area contributed by atoms with Crippen molar-refractivity contribution >= 4 is 22.0 Å². The monoisotopic (exact) mass is 355 g/mol. The largest absolute Gasteiger partial charge is 0.449 e. The molecule has 9 heteroatoms. The highest BCUT2D eigenvalue weighted by molar-refractivity contribution is 7.89. The molecule has 0 bridgehead atoms. The third-order valence-electron chi connectivity index (χ3n) is 3.60. The van der Waals surface area contributed by atoms with Crippen molar-refractivity contribution in [3.63, 3.8) is 0 Å². The lowest BCUT2D eigenvalue weighted by atomic mass is 10.2. The van der Waals surface area contributed by atoms with E-state index in [4.69, 9.17) is 0 Å². The predicted molar refractivity (Wildman–Crippen MR) is 86.7 cm³/mol. The molecule has 1 aliphatic rings. The number of ether oxygens (including phenoxy) is 1. The number of sulfonamides is 1. The van der Waals surface area contributed by atoms with Crippen molar-refractivity contribution in [2.75, 3.05) is 19.7 Å². The van der Waals surface area contributed by atoms with Crippen molar-refractivity contribution < 1.29 is 22.7 Å². The molecule has 0 atom stereocenters. The molecule has 8 nitrogen and oxygen atoms in total. The van der Waals surface area contributed by atoms with E-state index in [0.29, 0.717) is 13.1 Å². The van der Waals surface area contributed by atoms with Gasteiger partial charge in [0.05, 0.1) is 11.5 Å². The fourth-order valence-electron chi connectivity index (χ4n) is 2.40. The molecule has 2 amide bonds. The Balaban J connectivity index is 2.10. The van der Waals surface area contributed by atoms with Crippen LogP contribution in [-0.4, -0.2) is 44.4 Å². The molecule has 1 saturated heterocycles. The summed E-state index contributed by atoms with van der Waals surface area (Å²) >= 11 is 0. The second-order valence-corrected chi connectivity index (χ2v) is 7.23. The molecule has 2 rings (SSSR count). The number of amides is 2. The minimum absolute atomic E-state index is 0.0631. The Morgan fingerprint density at radius 1 is 1.17 bits per heavy atom. The smallest absolute Gasteiger partial charge is 0.426 e. The number of nitrogens with zero attached hydrogens (tertiary/aromatic N) is 1. The van der Waals surface area contributed by atoms with E-state index in [1.54, 1.807) is 6.92 Å². The first-order valence-electron chi connectivity index (χ1n) is 7.78. The number of benzene rings is 1. The second kappa shape index (κ2) is 8.11. The van der Waals surface area contributed by atoms with E-state index >= 15 is 0 Å². The van der Waals surface area contributed by atoms with Gasteiger partial charge in [-0.05, 0) is 38.0 Å². The fraction of sp³-hybridized carbons (Fsp3) is 0.467. The maximum absolute atomic E-state index is 12.6. The standard InChI is InChI=1S/C15H21N3O5S/c1-2-23-15(20)17-16-14(19)12-7-6-8-13(11-12)24(21,22)18-9-4-3-5-10-18/h6-8,11H,2-5,9-10H2,1H3,(H,16,19)(H,17,20). The molecular formula is C15H21N3O5S. The highest BCUT2D eigenvalue weighted by Crippen LogP contribution is 2.21. The van der Waals surface area contributed by atoms with Crippen molar-refractivity contribution in [2.24, 2.45) is 0 Å². The van der Waals surface area contributed by atoms with Crippen molar-refractivity contribution in [3.8, 4) is 0 Å². The van der Waals surface area contributed by atoms with Gasteiger partial charge in [-0.1, -0.05) is 12.5 Å². The van der Waals surface area contributed by atoms with Crippen LogP contribution < -0.4 is 10.9 Å². The fourth-order valence-corrected chi connectivity index (χ4v) is 3.96. The summed E-state index contributed by atoms with van der Waals surface area (Å²) < 4.78 is 31.3. The number of hydrogen-bond donors (Lipinski definition) is 2. The van der Waals surface area contributed by atoms with E-state index in [-0.39, 0.29) is 17.1 Å². The minimum Gasteiger partial charge on any atom is -0.449 e. The maximum Gasteiger partial charge on any atom is 0.426 e. The van der Waals surface area contributed by atoms with Crippen molar-refractivity contribution in [1.82, 2.24) is 15.2 Å². The Morgan fingerprint density at radius 3 is 2.54 bits per heavy atom. The lowest BCUT2D eigenvalue weighted by Gasteiger charge is -2.26. The average Bonchev–Trinajstić information content (AvgIpc) is 2.61. The number of hydrogen-bond acceptors (Lipinski definition) is 5. The zero-order valence-corrected chi connectivity index (χ0v) is 14.3. The van der Waals surface area contributed by atoms with Gasteiger partial charge < -0.3 is 4.74 Å². The molecule has 0 unspecified atom stereocenters. The lowest BCUT2D eigenvalue weighted by Crippen LogP contribution is -2.42. The Bertz CT molecular complexity index is 699. The summed E-state index contributed by atoms with van der Waals surface area (Å²) in [6, 6.07) is 5.72. The molecule has 1 aliphatic heterocycles. The van der Waals surface area contributed by atoms with Gasteiger partial charge in [-0.2, -0.15) is 4.31 Å². The summed E-state index contributed by atoms with van der Waals surface area (Å²) in [7, 11) is -3.62. The molecule has 1 aromatic carbocycles. The molecule has 0 aliphatic carbocycles. The van der Waals surface area contributed by atoms with Crippen LogP contribution in [0.25, 0.3) is 0 Å². The topological polar surface area (TPSA) is 105 Å². The number of carbonyl (C=O) groups excluding carboxylic acids is 2. The first-order chi connectivity index (χ1) is 11.4. The Morgan fingerprint density at radius 2 is 1.88 bits per heavy atom. The van der Waals surface area contributed by atoms with Crippen LogP contribution in [0.2, 0.25) is 0 Å².